The van der Waals surface area contributed by atoms with E-state index in [-0.39, 0.29) is 31.5 Å². The van der Waals surface area contributed by atoms with Gasteiger partial charge in [-0.15, -0.1) is 6.58 Å². The van der Waals surface area contributed by atoms with E-state index < -0.39 is 68.4 Å². The number of carbonyl (C=O) groups is 4. The molecule has 0 spiro atoms. The average molecular weight is 701 g/mol. The second-order valence-electron chi connectivity index (χ2n) is 13.8. The monoisotopic (exact) mass is 700 g/mol. The van der Waals surface area contributed by atoms with Crippen LogP contribution in [0.2, 0.25) is 0 Å². The Bertz CT molecular complexity index is 1940. The highest BCUT2D eigenvalue weighted by Crippen LogP contribution is 2.46. The first-order valence-electron chi connectivity index (χ1n) is 17.1. The number of nitrogens with zero attached hydrogens (tertiary/aromatic N) is 1. The van der Waals surface area contributed by atoms with E-state index in [0.717, 1.165) is 22.3 Å². The molecule has 4 bridgehead atoms. The molecule has 0 unspecified atom stereocenters. The van der Waals surface area contributed by atoms with Crippen LogP contribution in [0.15, 0.2) is 72.4 Å². The fourth-order valence-electron chi connectivity index (χ4n) is 7.20. The maximum absolute atomic E-state index is 14.0. The molecule has 1 aliphatic heterocycles. The predicted octanol–water partition coefficient (Wildman–Crippen LogP) is 3.30. The summed E-state index contributed by atoms with van der Waals surface area (Å²) in [5.74, 6) is -3.75. The summed E-state index contributed by atoms with van der Waals surface area (Å²) in [6, 6.07) is 12.8. The van der Waals surface area contributed by atoms with Gasteiger partial charge in [0.2, 0.25) is 21.8 Å². The van der Waals surface area contributed by atoms with E-state index in [9.17, 15) is 27.6 Å². The second kappa shape index (κ2) is 13.2. The van der Waals surface area contributed by atoms with E-state index >= 15 is 0 Å². The van der Waals surface area contributed by atoms with E-state index in [1.807, 2.05) is 54.6 Å². The lowest BCUT2D eigenvalue weighted by Gasteiger charge is -2.24. The number of amides is 3. The standard InChI is InChI=1S/C37H40N4O8S/c1-3-22-20-37(22,36(45)41-50(46,47)25-13-14-25)39-35(44)31-19-24-18-30(31)34(43)38-21(2)32(42)11-5-4-8-16-48-23-12-15-27-26-9-6-7-10-28(26)33(40-49-24)29(27)17-23/h3-4,6-10,12,15,17,21-22,24-25,30-31H,1,5,11,13-14,16,18-20H2,2H3,(H,38,43)(H,39,44)(H,41,45)/b8-4+,40-33-/t21-,22-,24+,30-,31-,37-/m1/s1. The lowest BCUT2D eigenvalue weighted by Crippen LogP contribution is -2.54. The molecule has 3 saturated carbocycles. The van der Waals surface area contributed by atoms with Gasteiger partial charge in [-0.2, -0.15) is 0 Å². The number of hydrogen-bond donors (Lipinski definition) is 3. The molecule has 13 heteroatoms. The molecular weight excluding hydrogens is 660 g/mol. The van der Waals surface area contributed by atoms with Crippen LogP contribution in [-0.4, -0.2) is 67.2 Å². The number of allylic oxidation sites excluding steroid dienone is 1. The Morgan fingerprint density at radius 1 is 1.04 bits per heavy atom. The number of oxime groups is 1. The maximum Gasteiger partial charge on any atom is 0.259 e. The van der Waals surface area contributed by atoms with E-state index in [2.05, 4.69) is 27.1 Å². The zero-order valence-electron chi connectivity index (χ0n) is 27.7. The summed E-state index contributed by atoms with van der Waals surface area (Å²) in [6.07, 6.45) is 6.59. The number of sulfonamides is 1. The van der Waals surface area contributed by atoms with Crippen LogP contribution in [0.1, 0.15) is 63.0 Å². The van der Waals surface area contributed by atoms with Crippen LogP contribution >= 0.6 is 0 Å². The third-order valence-corrected chi connectivity index (χ3v) is 12.2. The molecule has 4 aliphatic carbocycles. The molecule has 5 aliphatic rings. The number of carbonyl (C=O) groups excluding carboxylic acids is 4. The first-order valence-corrected chi connectivity index (χ1v) is 18.6. The smallest absolute Gasteiger partial charge is 0.259 e. The topological polar surface area (TPSA) is 169 Å². The number of ketones is 1. The molecule has 12 nitrogen and oxygen atoms in total. The van der Waals surface area contributed by atoms with Crippen molar-refractivity contribution in [3.8, 4) is 16.9 Å². The Morgan fingerprint density at radius 3 is 2.54 bits per heavy atom. The second-order valence-corrected chi connectivity index (χ2v) is 15.8. The number of fused-ring (bicyclic) bond motifs is 6. The zero-order chi connectivity index (χ0) is 35.2. The normalized spacial score (nSPS) is 30.7. The van der Waals surface area contributed by atoms with Crippen molar-refractivity contribution in [2.45, 2.75) is 74.8 Å². The summed E-state index contributed by atoms with van der Waals surface area (Å²) in [5.41, 5.74) is 2.76. The molecule has 7 rings (SSSR count). The van der Waals surface area contributed by atoms with Crippen LogP contribution in [0.25, 0.3) is 11.1 Å². The van der Waals surface area contributed by atoms with Crippen molar-refractivity contribution in [2.24, 2.45) is 22.9 Å². The Kier molecular flexibility index (Phi) is 8.87. The molecule has 0 aromatic heterocycles. The first kappa shape index (κ1) is 33.7. The lowest BCUT2D eigenvalue weighted by molar-refractivity contribution is -0.137. The molecule has 3 N–H and O–H groups in total. The third kappa shape index (κ3) is 6.46. The molecule has 1 heterocycles. The van der Waals surface area contributed by atoms with Crippen molar-refractivity contribution < 1.29 is 37.2 Å². The zero-order valence-corrected chi connectivity index (χ0v) is 28.5. The van der Waals surface area contributed by atoms with Crippen LogP contribution in [0.4, 0.5) is 0 Å². The summed E-state index contributed by atoms with van der Waals surface area (Å²) in [4.78, 5) is 60.2. The summed E-state index contributed by atoms with van der Waals surface area (Å²) < 4.78 is 33.3. The quantitative estimate of drug-likeness (QED) is 0.329. The minimum absolute atomic E-state index is 0.0995. The van der Waals surface area contributed by atoms with Gasteiger partial charge in [-0.05, 0) is 74.8 Å². The highest BCUT2D eigenvalue weighted by molar-refractivity contribution is 7.91. The Labute approximate surface area is 290 Å². The third-order valence-electron chi connectivity index (χ3n) is 10.4. The predicted molar refractivity (Wildman–Crippen MR) is 184 cm³/mol. The van der Waals surface area contributed by atoms with Gasteiger partial charge in [-0.3, -0.25) is 23.9 Å². The largest absolute Gasteiger partial charge is 0.490 e. The van der Waals surface area contributed by atoms with Gasteiger partial charge in [-0.25, -0.2) is 8.42 Å². The van der Waals surface area contributed by atoms with Gasteiger partial charge in [0.25, 0.3) is 5.91 Å². The Hall–Kier alpha value is -4.78. The van der Waals surface area contributed by atoms with Gasteiger partial charge in [0, 0.05) is 23.5 Å². The van der Waals surface area contributed by atoms with E-state index in [0.29, 0.717) is 37.3 Å². The molecule has 0 saturated heterocycles. The molecule has 262 valence electrons. The first-order chi connectivity index (χ1) is 24.0. The maximum atomic E-state index is 14.0. The van der Waals surface area contributed by atoms with Gasteiger partial charge >= 0.3 is 0 Å². The molecule has 2 aromatic carbocycles. The number of ether oxygens (including phenoxy) is 1. The molecule has 0 radical (unpaired) electrons. The van der Waals surface area contributed by atoms with Crippen molar-refractivity contribution in [1.29, 1.82) is 0 Å². The summed E-state index contributed by atoms with van der Waals surface area (Å²) in [5, 5.41) is 9.57. The highest BCUT2D eigenvalue weighted by Gasteiger charge is 2.62. The van der Waals surface area contributed by atoms with Crippen LogP contribution in [0.3, 0.4) is 0 Å². The average Bonchev–Trinajstić information content (AvgIpc) is 4.01. The molecule has 2 aromatic rings. The Balaban J connectivity index is 1.18. The lowest BCUT2D eigenvalue weighted by atomic mass is 9.93. The molecule has 50 heavy (non-hydrogen) atoms. The molecule has 6 atom stereocenters. The number of rotatable bonds is 6. The van der Waals surface area contributed by atoms with Crippen LogP contribution in [0, 0.1) is 17.8 Å². The molecule has 3 fully saturated rings. The van der Waals surface area contributed by atoms with E-state index in [1.165, 1.54) is 6.08 Å². The number of hydrogen-bond acceptors (Lipinski definition) is 9. The minimum atomic E-state index is -3.86. The van der Waals surface area contributed by atoms with Crippen molar-refractivity contribution >= 4 is 39.2 Å². The van der Waals surface area contributed by atoms with Gasteiger partial charge in [0.05, 0.1) is 23.1 Å². The van der Waals surface area contributed by atoms with Crippen molar-refractivity contribution in [2.75, 3.05) is 6.61 Å². The fraction of sp³-hybridized carbons (Fsp3) is 0.432. The van der Waals surface area contributed by atoms with Crippen LogP contribution in [-0.2, 0) is 34.0 Å². The SMILES string of the molecule is C=C[C@@H]1C[C@]1(NC(=O)[C@@H]1C[C@@H]2C[C@H]1C(=O)N[C@H](C)C(=O)CC/C=C/COc1ccc3c(c1)/C(=N\O2)c1ccccc1-3)C(=O)NS(=O)(=O)C1CC1. The Morgan fingerprint density at radius 2 is 1.80 bits per heavy atom. The van der Waals surface area contributed by atoms with Gasteiger partial charge in [0.1, 0.15) is 29.7 Å². The number of nitrogens with one attached hydrogen (secondary N) is 3. The number of Topliss-reactive ketones (excluding diaryl/α,β-unsaturated/α-hetero) is 1. The van der Waals surface area contributed by atoms with E-state index in [1.54, 1.807) is 6.92 Å². The number of benzene rings is 2. The van der Waals surface area contributed by atoms with Crippen LogP contribution in [0.5, 0.6) is 5.75 Å². The molecular formula is C37H40N4O8S. The van der Waals surface area contributed by atoms with Gasteiger partial charge < -0.3 is 20.2 Å². The summed E-state index contributed by atoms with van der Waals surface area (Å²) in [6.45, 7) is 5.69. The minimum Gasteiger partial charge on any atom is -0.490 e. The van der Waals surface area contributed by atoms with Crippen molar-refractivity contribution in [3.05, 3.63) is 78.4 Å². The summed E-state index contributed by atoms with van der Waals surface area (Å²) in [7, 11) is -3.86. The summed E-state index contributed by atoms with van der Waals surface area (Å²) >= 11 is 0. The fourth-order valence-corrected chi connectivity index (χ4v) is 8.56. The van der Waals surface area contributed by atoms with E-state index in [4.69, 9.17) is 9.57 Å². The van der Waals surface area contributed by atoms with Gasteiger partial charge in [0.15, 0.2) is 5.78 Å². The van der Waals surface area contributed by atoms with Gasteiger partial charge in [-0.1, -0.05) is 47.6 Å². The van der Waals surface area contributed by atoms with Crippen molar-refractivity contribution in [3.63, 3.8) is 0 Å². The molecule has 3 amide bonds. The van der Waals surface area contributed by atoms with Crippen LogP contribution < -0.4 is 20.1 Å². The highest BCUT2D eigenvalue weighted by atomic mass is 32.2. The van der Waals surface area contributed by atoms with Crippen molar-refractivity contribution in [1.82, 2.24) is 15.4 Å².